The molecule has 37 unspecified atom stereocenters. The lowest BCUT2D eigenvalue weighted by molar-refractivity contribution is -0.396. The molecule has 4 saturated carbocycles. The van der Waals surface area contributed by atoms with Crippen molar-refractivity contribution < 1.29 is 148 Å². The summed E-state index contributed by atoms with van der Waals surface area (Å²) in [6.45, 7) is 16.0. The van der Waals surface area contributed by atoms with Gasteiger partial charge in [-0.1, -0.05) is 58.4 Å². The normalized spacial score (nSPS) is 54.5. The average Bonchev–Trinajstić information content (AvgIpc) is 0.677. The van der Waals surface area contributed by atoms with E-state index in [4.69, 9.17) is 56.8 Å². The number of ether oxygens (including phenoxy) is 12. The van der Waals surface area contributed by atoms with E-state index in [0.717, 1.165) is 24.0 Å². The van der Waals surface area contributed by atoms with Crippen molar-refractivity contribution in [2.75, 3.05) is 26.4 Å². The first kappa shape index (κ1) is 73.1. The van der Waals surface area contributed by atoms with Gasteiger partial charge in [0.15, 0.2) is 31.5 Å². The van der Waals surface area contributed by atoms with Crippen molar-refractivity contribution in [1.82, 2.24) is 0 Å². The highest BCUT2D eigenvalue weighted by Crippen LogP contribution is 2.76. The Hall–Kier alpha value is -2.17. The Morgan fingerprint density at radius 3 is 1.70 bits per heavy atom. The van der Waals surface area contributed by atoms with E-state index < -0.39 is 233 Å². The van der Waals surface area contributed by atoms with E-state index in [0.29, 0.717) is 51.4 Å². The summed E-state index contributed by atoms with van der Waals surface area (Å²) >= 11 is 0. The van der Waals surface area contributed by atoms with Crippen LogP contribution in [0.1, 0.15) is 113 Å². The van der Waals surface area contributed by atoms with Gasteiger partial charge in [0.25, 0.3) is 0 Å². The minimum Gasteiger partial charge on any atom is -0.432 e. The van der Waals surface area contributed by atoms with E-state index in [-0.39, 0.29) is 28.6 Å². The lowest BCUT2D eigenvalue weighted by atomic mass is 9.34. The average molecular weight is 1350 g/mol. The molecule has 0 radical (unpaired) electrons. The predicted octanol–water partition coefficient (Wildman–Crippen LogP) is -4.16. The quantitative estimate of drug-likeness (QED) is 0.0420. The molecule has 0 spiro atoms. The number of aliphatic hydroxyl groups is 17. The zero-order chi connectivity index (χ0) is 68.4. The van der Waals surface area contributed by atoms with Gasteiger partial charge in [0.2, 0.25) is 6.29 Å². The van der Waals surface area contributed by atoms with Crippen molar-refractivity contribution >= 4 is 5.97 Å². The summed E-state index contributed by atoms with van der Waals surface area (Å²) in [6.07, 6.45) is -40.1. The van der Waals surface area contributed by atoms with Crippen molar-refractivity contribution in [2.24, 2.45) is 44.8 Å². The van der Waals surface area contributed by atoms with Crippen LogP contribution >= 0.6 is 0 Å². The second-order valence-corrected chi connectivity index (χ2v) is 30.0. The molecule has 10 fully saturated rings. The lowest BCUT2D eigenvalue weighted by Crippen LogP contribution is -2.67. The second-order valence-electron chi connectivity index (χ2n) is 30.0. The van der Waals surface area contributed by atoms with Crippen LogP contribution in [0, 0.1) is 44.8 Å². The number of hydrogen-bond donors (Lipinski definition) is 17. The van der Waals surface area contributed by atoms with Crippen LogP contribution in [-0.4, -0.2) is 303 Å². The van der Waals surface area contributed by atoms with Crippen LogP contribution in [0.2, 0.25) is 0 Å². The minimum atomic E-state index is -1.92. The molecule has 94 heavy (non-hydrogen) atoms. The zero-order valence-electron chi connectivity index (χ0n) is 54.1. The summed E-state index contributed by atoms with van der Waals surface area (Å²) in [5.41, 5.74) is -0.695. The first-order chi connectivity index (χ1) is 44.2. The first-order valence-corrected chi connectivity index (χ1v) is 33.3. The molecular formula is C64H102O30. The first-order valence-electron chi connectivity index (χ1n) is 33.3. The van der Waals surface area contributed by atoms with E-state index in [9.17, 15) is 86.8 Å². The Kier molecular flexibility index (Phi) is 21.5. The van der Waals surface area contributed by atoms with Crippen LogP contribution in [0.15, 0.2) is 23.8 Å². The smallest absolute Gasteiger partial charge is 0.315 e. The molecule has 11 aliphatic rings. The van der Waals surface area contributed by atoms with E-state index in [1.807, 2.05) is 0 Å². The number of carbonyl (C=O) groups excluding carboxylic acids is 1. The maximum atomic E-state index is 15.1. The summed E-state index contributed by atoms with van der Waals surface area (Å²) in [7, 11) is 0. The summed E-state index contributed by atoms with van der Waals surface area (Å²) in [5.74, 6) is -0.877. The third kappa shape index (κ3) is 12.4. The Labute approximate surface area is 544 Å². The Bertz CT molecular complexity index is 2670. The van der Waals surface area contributed by atoms with Gasteiger partial charge >= 0.3 is 5.97 Å². The van der Waals surface area contributed by atoms with Gasteiger partial charge in [-0.3, -0.25) is 4.79 Å². The van der Waals surface area contributed by atoms with Gasteiger partial charge in [0, 0.05) is 5.92 Å². The maximum absolute atomic E-state index is 15.1. The minimum absolute atomic E-state index is 0.0166. The van der Waals surface area contributed by atoms with Crippen molar-refractivity contribution in [3.05, 3.63) is 23.8 Å². The van der Waals surface area contributed by atoms with Gasteiger partial charge in [-0.15, -0.1) is 0 Å². The lowest BCUT2D eigenvalue weighted by Gasteiger charge is -2.71. The fourth-order valence-electron chi connectivity index (χ4n) is 18.6. The van der Waals surface area contributed by atoms with Gasteiger partial charge in [0.05, 0.1) is 50.2 Å². The van der Waals surface area contributed by atoms with Crippen molar-refractivity contribution in [3.8, 4) is 0 Å². The summed E-state index contributed by atoms with van der Waals surface area (Å²) in [4.78, 5) is 15.1. The fraction of sp³-hybridized carbons (Fsp3) is 0.922. The Balaban J connectivity index is 0.821. The van der Waals surface area contributed by atoms with Crippen molar-refractivity contribution in [2.45, 2.75) is 297 Å². The number of carbonyl (C=O) groups is 1. The molecule has 5 aliphatic carbocycles. The van der Waals surface area contributed by atoms with Gasteiger partial charge in [-0.2, -0.15) is 0 Å². The van der Waals surface area contributed by atoms with Crippen LogP contribution in [0.3, 0.4) is 0 Å². The maximum Gasteiger partial charge on any atom is 0.315 e. The molecule has 0 aromatic rings. The fourth-order valence-corrected chi connectivity index (χ4v) is 18.6. The monoisotopic (exact) mass is 1350 g/mol. The highest BCUT2D eigenvalue weighted by atomic mass is 16.8. The second kappa shape index (κ2) is 27.6. The van der Waals surface area contributed by atoms with E-state index in [1.165, 1.54) is 13.8 Å². The van der Waals surface area contributed by atoms with E-state index >= 15 is 4.79 Å². The number of rotatable bonds is 15. The molecule has 6 saturated heterocycles. The summed E-state index contributed by atoms with van der Waals surface area (Å²) in [5, 5.41) is 184. The highest BCUT2D eigenvalue weighted by Gasteiger charge is 2.70. The van der Waals surface area contributed by atoms with E-state index in [1.54, 1.807) is 0 Å². The topological polar surface area (TPSA) is 472 Å². The molecular weight excluding hydrogens is 1250 g/mol. The largest absolute Gasteiger partial charge is 0.432 e. The molecule has 0 aromatic carbocycles. The molecule has 538 valence electrons. The molecule has 11 rings (SSSR count). The molecule has 6 heterocycles. The summed E-state index contributed by atoms with van der Waals surface area (Å²) in [6, 6.07) is 0. The number of esters is 1. The van der Waals surface area contributed by atoms with E-state index in [2.05, 4.69) is 47.3 Å². The molecule has 37 atom stereocenters. The number of aliphatic hydroxyl groups excluding tert-OH is 17. The predicted molar refractivity (Wildman–Crippen MR) is 315 cm³/mol. The molecule has 0 aromatic heterocycles. The third-order valence-corrected chi connectivity index (χ3v) is 24.6. The van der Waals surface area contributed by atoms with Gasteiger partial charge in [-0.25, -0.2) is 0 Å². The molecule has 30 heteroatoms. The van der Waals surface area contributed by atoms with Gasteiger partial charge < -0.3 is 144 Å². The van der Waals surface area contributed by atoms with Crippen LogP contribution in [-0.2, 0) is 61.6 Å². The number of allylic oxidation sites excluding steroid dienone is 3. The molecule has 0 bridgehead atoms. The number of fused-ring (bicyclic) bond motifs is 7. The molecule has 30 nitrogen and oxygen atoms in total. The molecule has 17 N–H and O–H groups in total. The van der Waals surface area contributed by atoms with Crippen LogP contribution in [0.4, 0.5) is 0 Å². The standard InChI is InChI=1S/C64H102O30/c1-24-11-16-64(59(82)94-56-48(80)44(76)40(72)32(89-56)23-84-53-45(77)42(74)38(70)30(20-65)87-53)18-17-62(7)27(28(64)19-24)9-10-34-61(6)14-13-35(60(4,5)33(61)12-15-63(34,62)8)90-58-52(50(29(67)22-83-58)91-55-47(79)43(75)39(71)31(21-66)88-55)93-57-49(81)51(37(69)26(3)86-57)92-54-46(78)41(73)36(68)25(2)85-54/h9,25-26,28-58,65-81H,1,10-23H2,2-8H3. The van der Waals surface area contributed by atoms with Crippen molar-refractivity contribution in [1.29, 1.82) is 0 Å². The molecule has 0 amide bonds. The van der Waals surface area contributed by atoms with Gasteiger partial charge in [0.1, 0.15) is 128 Å². The SMILES string of the molecule is C=C1CCC2(C(=O)OC3OC(COC4OC(CO)C(O)C(O)C4O)C(O)C(O)C3O)CCC3(C)C(=CCC4C5(C)CCC(OC6OCC(O)C(OC7OC(CO)C(O)C(O)C7O)C6OC6OC(C)C(O)C(OC7OC(C)C(O)C(O)C7O)C6O)C(C)(C)C5CCC43C)C2C1. The Morgan fingerprint density at radius 1 is 0.532 bits per heavy atom. The zero-order valence-corrected chi connectivity index (χ0v) is 54.1. The van der Waals surface area contributed by atoms with Crippen LogP contribution < -0.4 is 0 Å². The molecule has 6 aliphatic heterocycles. The Morgan fingerprint density at radius 2 is 1.06 bits per heavy atom. The van der Waals surface area contributed by atoms with Crippen LogP contribution in [0.25, 0.3) is 0 Å². The van der Waals surface area contributed by atoms with Crippen molar-refractivity contribution in [3.63, 3.8) is 0 Å². The highest BCUT2D eigenvalue weighted by molar-refractivity contribution is 5.79. The van der Waals surface area contributed by atoms with Crippen LogP contribution in [0.5, 0.6) is 0 Å². The number of hydrogen-bond acceptors (Lipinski definition) is 30. The third-order valence-electron chi connectivity index (χ3n) is 24.6. The van der Waals surface area contributed by atoms with Gasteiger partial charge in [-0.05, 0) is 112 Å². The summed E-state index contributed by atoms with van der Waals surface area (Å²) < 4.78 is 72.8.